The number of phenols is 1. The minimum atomic E-state index is 0.313. The van der Waals surface area contributed by atoms with E-state index in [4.69, 9.17) is 0 Å². The zero-order valence-corrected chi connectivity index (χ0v) is 29.5. The van der Waals surface area contributed by atoms with Crippen LogP contribution in [0.5, 0.6) is 5.75 Å². The van der Waals surface area contributed by atoms with E-state index in [1.54, 1.807) is 0 Å². The highest BCUT2D eigenvalue weighted by Gasteiger charge is 2.40. The Balaban J connectivity index is 1.18. The molecule has 1 nitrogen and oxygen atoms in total. The molecule has 4 bridgehead atoms. The molecule has 46 heavy (non-hydrogen) atoms. The lowest BCUT2D eigenvalue weighted by molar-refractivity contribution is 0.0932. The summed E-state index contributed by atoms with van der Waals surface area (Å²) >= 11 is 0. The molecule has 0 aromatic heterocycles. The molecule has 0 amide bonds. The summed E-state index contributed by atoms with van der Waals surface area (Å²) in [6.45, 7) is 5.01. The highest BCUT2D eigenvalue weighted by Crippen LogP contribution is 2.51. The summed E-state index contributed by atoms with van der Waals surface area (Å²) < 4.78 is 0. The fourth-order valence-corrected chi connectivity index (χ4v) is 12.4. The van der Waals surface area contributed by atoms with Gasteiger partial charge in [0, 0.05) is 11.5 Å². The van der Waals surface area contributed by atoms with Crippen LogP contribution in [0.1, 0.15) is 81.0 Å². The van der Waals surface area contributed by atoms with Gasteiger partial charge in [0.05, 0.1) is 0 Å². The molecule has 7 atom stereocenters. The lowest BCUT2D eigenvalue weighted by Crippen LogP contribution is -2.37. The average molecular weight is 649 g/mol. The second kappa shape index (κ2) is 14.4. The summed E-state index contributed by atoms with van der Waals surface area (Å²) in [5.74, 6) is 7.11. The van der Waals surface area contributed by atoms with E-state index in [-0.39, 0.29) is 0 Å². The van der Waals surface area contributed by atoms with Gasteiger partial charge in [-0.25, -0.2) is 0 Å². The fraction of sp³-hybridized carbons (Fsp3) is 0.488. The van der Waals surface area contributed by atoms with E-state index in [2.05, 4.69) is 120 Å². The average Bonchev–Trinajstić information content (AvgIpc) is 3.04. The lowest BCUT2D eigenvalue weighted by atomic mass is 9.60. The molecular formula is C43H52OS2. The van der Waals surface area contributed by atoms with E-state index in [0.717, 1.165) is 43.4 Å². The largest absolute Gasteiger partial charge is 0.508 e. The molecule has 1 N–H and O–H groups in total. The number of aromatic hydroxyl groups is 1. The molecule has 1 saturated carbocycles. The van der Waals surface area contributed by atoms with Crippen molar-refractivity contribution in [3.63, 3.8) is 0 Å². The van der Waals surface area contributed by atoms with Crippen molar-refractivity contribution in [2.24, 2.45) is 40.9 Å². The van der Waals surface area contributed by atoms with Gasteiger partial charge in [0.1, 0.15) is 5.75 Å². The molecule has 7 rings (SSSR count). The third-order valence-corrected chi connectivity index (χ3v) is 14.4. The fourth-order valence-electron chi connectivity index (χ4n) is 9.45. The number of hydrogen-bond donors (Lipinski definition) is 1. The predicted octanol–water partition coefficient (Wildman–Crippen LogP) is 9.78. The number of fused-ring (bicyclic) bond motifs is 6. The molecule has 0 radical (unpaired) electrons. The summed E-state index contributed by atoms with van der Waals surface area (Å²) in [4.78, 5) is 0. The maximum atomic E-state index is 10.9. The number of aryl methyl sites for hydroxylation is 1. The minimum absolute atomic E-state index is 0.313. The smallest absolute Gasteiger partial charge is 0.116 e. The maximum absolute atomic E-state index is 10.9. The van der Waals surface area contributed by atoms with Crippen LogP contribution < -0.4 is 10.4 Å². The number of hydrogen-bond acceptors (Lipinski definition) is 3. The Morgan fingerprint density at radius 2 is 1.57 bits per heavy atom. The number of benzene rings is 3. The molecule has 1 aliphatic heterocycles. The van der Waals surface area contributed by atoms with Crippen LogP contribution in [0, 0.1) is 40.9 Å². The van der Waals surface area contributed by atoms with Gasteiger partial charge in [-0.1, -0.05) is 114 Å². The van der Waals surface area contributed by atoms with Crippen molar-refractivity contribution in [1.82, 2.24) is 0 Å². The van der Waals surface area contributed by atoms with Crippen molar-refractivity contribution in [3.8, 4) is 5.75 Å². The van der Waals surface area contributed by atoms with Crippen LogP contribution in [-0.2, 0) is 19.3 Å². The van der Waals surface area contributed by atoms with Crippen LogP contribution in [0.4, 0.5) is 0 Å². The van der Waals surface area contributed by atoms with E-state index in [0.29, 0.717) is 28.9 Å². The van der Waals surface area contributed by atoms with Crippen LogP contribution in [-0.4, -0.2) is 16.6 Å². The highest BCUT2D eigenvalue weighted by molar-refractivity contribution is 8.76. The molecule has 0 unspecified atom stereocenters. The zero-order valence-electron chi connectivity index (χ0n) is 27.9. The maximum Gasteiger partial charge on any atom is 0.116 e. The molecule has 3 aliphatic carbocycles. The van der Waals surface area contributed by atoms with Crippen molar-refractivity contribution in [2.45, 2.75) is 78.1 Å². The quantitative estimate of drug-likeness (QED) is 0.221. The molecule has 3 aromatic rings. The normalized spacial score (nSPS) is 31.8. The third-order valence-electron chi connectivity index (χ3n) is 11.8. The molecule has 4 aliphatic rings. The van der Waals surface area contributed by atoms with Gasteiger partial charge in [-0.15, -0.1) is 0 Å². The van der Waals surface area contributed by atoms with Crippen LogP contribution in [0.15, 0.2) is 78.9 Å². The Morgan fingerprint density at radius 3 is 2.43 bits per heavy atom. The van der Waals surface area contributed by atoms with Crippen molar-refractivity contribution in [1.29, 1.82) is 0 Å². The first-order chi connectivity index (χ1) is 22.4. The first-order valence-corrected chi connectivity index (χ1v) is 20.5. The zero-order chi connectivity index (χ0) is 31.5. The van der Waals surface area contributed by atoms with Crippen LogP contribution in [0.25, 0.3) is 12.2 Å². The SMILES string of the molecule is C[C@H]1CC=C[C@](C)([C@@H]2C[C@@H]3Cc4cc(O)cc(c4)Cc4ccccc4CC[C@H]([C@H]4C=c5ccccc5=CC4)CSSC[C@@H](C3)C2)C1. The Labute approximate surface area is 285 Å². The molecule has 1 fully saturated rings. The van der Waals surface area contributed by atoms with E-state index in [9.17, 15) is 5.11 Å². The van der Waals surface area contributed by atoms with Gasteiger partial charge >= 0.3 is 0 Å². The van der Waals surface area contributed by atoms with Crippen molar-refractivity contribution in [2.75, 3.05) is 11.5 Å². The second-order valence-electron chi connectivity index (χ2n) is 15.5. The van der Waals surface area contributed by atoms with E-state index in [1.165, 1.54) is 82.7 Å². The van der Waals surface area contributed by atoms with Crippen LogP contribution >= 0.6 is 21.6 Å². The minimum Gasteiger partial charge on any atom is -0.508 e. The number of phenolic OH excluding ortho intramolecular Hbond substituents is 1. The molecule has 242 valence electrons. The molecule has 1 heterocycles. The van der Waals surface area contributed by atoms with Crippen molar-refractivity contribution >= 4 is 33.7 Å². The summed E-state index contributed by atoms with van der Waals surface area (Å²) in [5.41, 5.74) is 5.78. The molecular weight excluding hydrogens is 597 g/mol. The topological polar surface area (TPSA) is 20.2 Å². The van der Waals surface area contributed by atoms with Gasteiger partial charge < -0.3 is 5.11 Å². The Bertz CT molecular complexity index is 1660. The van der Waals surface area contributed by atoms with Gasteiger partial charge in [0.2, 0.25) is 0 Å². The van der Waals surface area contributed by atoms with Crippen molar-refractivity contribution in [3.05, 3.63) is 112 Å². The van der Waals surface area contributed by atoms with E-state index in [1.807, 2.05) is 6.07 Å². The summed E-state index contributed by atoms with van der Waals surface area (Å²) in [6.07, 6.45) is 22.2. The number of allylic oxidation sites excluding steroid dienone is 2. The summed E-state index contributed by atoms with van der Waals surface area (Å²) in [7, 11) is 4.33. The standard InChI is InChI=1S/C43H52OS2/c1-30-8-7-17-43(2,27-30)41-22-31-18-32-19-33(25-42(44)24-32)21-37-11-5-3-9-35(37)14-16-40(29-46-45-28-34(20-31)23-41)39-15-13-36-10-4-6-12-38(36)26-39/h3-7,9-13,17,19,24-26,30-31,34,39-41,44H,8,14-16,18,20-23,27-29H2,1-2H3/t30-,31+,34-,39+,40-,41+,43-/m0/s1. The molecule has 3 aromatic carbocycles. The Kier molecular flexibility index (Phi) is 10.1. The summed E-state index contributed by atoms with van der Waals surface area (Å²) in [5, 5.41) is 13.7. The first-order valence-electron chi connectivity index (χ1n) is 18.0. The van der Waals surface area contributed by atoms with E-state index < -0.39 is 0 Å². The Hall–Kier alpha value is -2.36. The predicted molar refractivity (Wildman–Crippen MR) is 200 cm³/mol. The highest BCUT2D eigenvalue weighted by atomic mass is 33.1. The van der Waals surface area contributed by atoms with Crippen molar-refractivity contribution < 1.29 is 5.11 Å². The van der Waals surface area contributed by atoms with Gasteiger partial charge in [-0.05, 0) is 150 Å². The van der Waals surface area contributed by atoms with Gasteiger partial charge in [-0.2, -0.15) is 0 Å². The first kappa shape index (κ1) is 32.2. The second-order valence-corrected chi connectivity index (χ2v) is 18.1. The van der Waals surface area contributed by atoms with Crippen LogP contribution in [0.2, 0.25) is 0 Å². The Morgan fingerprint density at radius 1 is 0.804 bits per heavy atom. The van der Waals surface area contributed by atoms with Gasteiger partial charge in [-0.3, -0.25) is 0 Å². The summed E-state index contributed by atoms with van der Waals surface area (Å²) in [6, 6.07) is 24.5. The van der Waals surface area contributed by atoms with Crippen LogP contribution in [0.3, 0.4) is 0 Å². The molecule has 0 saturated heterocycles. The molecule has 3 heteroatoms. The number of rotatable bonds is 2. The molecule has 0 spiro atoms. The monoisotopic (exact) mass is 648 g/mol. The van der Waals surface area contributed by atoms with E-state index >= 15 is 0 Å². The third kappa shape index (κ3) is 7.68. The van der Waals surface area contributed by atoms with Gasteiger partial charge in [0.25, 0.3) is 0 Å². The lowest BCUT2D eigenvalue weighted by Gasteiger charge is -2.46. The van der Waals surface area contributed by atoms with Gasteiger partial charge in [0.15, 0.2) is 0 Å².